The van der Waals surface area contributed by atoms with Crippen LogP contribution < -0.4 is 0 Å². The standard InChI is InChI=1S/C14H17O2.ClH.Hg/c1-3-4-6-11-14(16-12(2)15)13-9-7-5-8-10-13;;/h5,7-10H,3-4,6H2,1-2H3;1H;/q;;+1/p-1. The van der Waals surface area contributed by atoms with Gasteiger partial charge in [-0.3, -0.25) is 0 Å². The quantitative estimate of drug-likeness (QED) is 0.364. The van der Waals surface area contributed by atoms with Gasteiger partial charge in [-0.05, 0) is 0 Å². The van der Waals surface area contributed by atoms with Crippen LogP contribution >= 0.6 is 8.25 Å². The van der Waals surface area contributed by atoms with Gasteiger partial charge in [-0.15, -0.1) is 0 Å². The molecule has 1 rings (SSSR count). The van der Waals surface area contributed by atoms with Gasteiger partial charge in [0.15, 0.2) is 0 Å². The Kier molecular flexibility index (Phi) is 7.60. The Hall–Kier alpha value is -0.345. The van der Waals surface area contributed by atoms with Crippen LogP contribution in [0.3, 0.4) is 0 Å². The summed E-state index contributed by atoms with van der Waals surface area (Å²) in [5.41, 5.74) is 0.958. The van der Waals surface area contributed by atoms with E-state index in [2.05, 4.69) is 6.92 Å². The summed E-state index contributed by atoms with van der Waals surface area (Å²) in [5.74, 6) is 0.439. The molecular weight excluding hydrogens is 436 g/mol. The van der Waals surface area contributed by atoms with Crippen molar-refractivity contribution in [3.05, 3.63) is 39.0 Å². The van der Waals surface area contributed by atoms with Crippen LogP contribution in [0.25, 0.3) is 5.76 Å². The monoisotopic (exact) mass is 454 g/mol. The molecule has 0 aliphatic heterocycles. The molecule has 0 saturated heterocycles. The summed E-state index contributed by atoms with van der Waals surface area (Å²) in [6.07, 6.45) is 3.18. The van der Waals surface area contributed by atoms with Crippen LogP contribution in [0.1, 0.15) is 38.7 Å². The molecule has 0 fully saturated rings. The number of rotatable bonds is 6. The first-order valence-corrected chi connectivity index (χ1v) is 15.7. The van der Waals surface area contributed by atoms with Crippen molar-refractivity contribution in [2.75, 3.05) is 0 Å². The van der Waals surface area contributed by atoms with Crippen LogP contribution in [-0.4, -0.2) is 5.97 Å². The van der Waals surface area contributed by atoms with Crippen LogP contribution in [-0.2, 0) is 32.9 Å². The molecule has 0 bridgehead atoms. The van der Waals surface area contributed by atoms with Crippen LogP contribution in [0, 0.1) is 0 Å². The van der Waals surface area contributed by atoms with Gasteiger partial charge in [0, 0.05) is 0 Å². The summed E-state index contributed by atoms with van der Waals surface area (Å²) >= 11 is -1.59. The summed E-state index contributed by atoms with van der Waals surface area (Å²) < 4.78 is 6.61. The molecule has 0 radical (unpaired) electrons. The van der Waals surface area contributed by atoms with Gasteiger partial charge in [0.1, 0.15) is 0 Å². The summed E-state index contributed by atoms with van der Waals surface area (Å²) in [7, 11) is 6.20. The first-order chi connectivity index (χ1) is 8.69. The molecule has 0 aliphatic rings. The molecule has 0 saturated carbocycles. The van der Waals surface area contributed by atoms with Gasteiger partial charge in [0.2, 0.25) is 0 Å². The Morgan fingerprint density at radius 1 is 1.33 bits per heavy atom. The average molecular weight is 453 g/mol. The second-order valence-corrected chi connectivity index (χ2v) is 10.8. The molecule has 0 atom stereocenters. The van der Waals surface area contributed by atoms with Gasteiger partial charge in [0.25, 0.3) is 0 Å². The van der Waals surface area contributed by atoms with E-state index >= 15 is 0 Å². The number of carbonyl (C=O) groups is 1. The molecule has 0 N–H and O–H groups in total. The Bertz CT molecular complexity index is 415. The number of carbonyl (C=O) groups excluding carboxylic acids is 1. The maximum absolute atomic E-state index is 11.2. The number of halogens is 1. The van der Waals surface area contributed by atoms with Crippen molar-refractivity contribution in [1.29, 1.82) is 0 Å². The Labute approximate surface area is 124 Å². The molecule has 18 heavy (non-hydrogen) atoms. The molecule has 1 aromatic carbocycles. The third kappa shape index (κ3) is 5.11. The van der Waals surface area contributed by atoms with Crippen molar-refractivity contribution >= 4 is 20.0 Å². The molecule has 94 valence electrons. The fraction of sp³-hybridized carbons (Fsp3) is 0.357. The molecule has 0 unspecified atom stereocenters. The van der Waals surface area contributed by atoms with E-state index in [-0.39, 0.29) is 5.97 Å². The minimum absolute atomic E-state index is 0.277. The van der Waals surface area contributed by atoms with Gasteiger partial charge >= 0.3 is 125 Å². The van der Waals surface area contributed by atoms with E-state index in [1.807, 2.05) is 30.3 Å². The van der Waals surface area contributed by atoms with Crippen LogP contribution in [0.15, 0.2) is 33.4 Å². The van der Waals surface area contributed by atoms with Crippen molar-refractivity contribution in [3.8, 4) is 0 Å². The summed E-state index contributed by atoms with van der Waals surface area (Å²) in [5, 5.41) is 0. The van der Waals surface area contributed by atoms with Crippen LogP contribution in [0.5, 0.6) is 0 Å². The molecule has 0 heterocycles. The van der Waals surface area contributed by atoms with Crippen LogP contribution in [0.4, 0.5) is 0 Å². The zero-order valence-electron chi connectivity index (χ0n) is 10.9. The maximum atomic E-state index is 11.2. The third-order valence-corrected chi connectivity index (χ3v) is 9.30. The van der Waals surface area contributed by atoms with Gasteiger partial charge in [0.05, 0.1) is 0 Å². The zero-order chi connectivity index (χ0) is 13.4. The van der Waals surface area contributed by atoms with E-state index in [1.165, 1.54) is 10.0 Å². The Morgan fingerprint density at radius 2 is 2.00 bits per heavy atom. The molecule has 0 aromatic heterocycles. The van der Waals surface area contributed by atoms with E-state index in [4.69, 9.17) is 13.0 Å². The normalized spacial score (nSPS) is 11.5. The summed E-state index contributed by atoms with van der Waals surface area (Å²) in [4.78, 5) is 11.2. The third-order valence-electron chi connectivity index (χ3n) is 2.60. The predicted molar refractivity (Wildman–Crippen MR) is 70.5 cm³/mol. The van der Waals surface area contributed by atoms with Gasteiger partial charge in [-0.2, -0.15) is 0 Å². The van der Waals surface area contributed by atoms with Gasteiger partial charge in [-0.1, -0.05) is 0 Å². The second kappa shape index (κ2) is 8.70. The zero-order valence-corrected chi connectivity index (χ0v) is 17.2. The number of esters is 1. The molecule has 0 amide bonds. The van der Waals surface area contributed by atoms with Crippen molar-refractivity contribution < 1.29 is 32.9 Å². The number of benzene rings is 1. The molecule has 0 spiro atoms. The SMILES string of the molecule is CCCC/[C]([Hg][Cl])=C(\OC(C)=O)c1ccccc1. The second-order valence-electron chi connectivity index (χ2n) is 4.13. The van der Waals surface area contributed by atoms with Crippen molar-refractivity contribution in [2.45, 2.75) is 33.1 Å². The topological polar surface area (TPSA) is 26.3 Å². The van der Waals surface area contributed by atoms with Gasteiger partial charge < -0.3 is 0 Å². The average Bonchev–Trinajstić information content (AvgIpc) is 2.39. The molecular formula is C14H17ClHgO2. The van der Waals surface area contributed by atoms with Crippen molar-refractivity contribution in [1.82, 2.24) is 0 Å². The Balaban J connectivity index is 3.09. The van der Waals surface area contributed by atoms with E-state index in [9.17, 15) is 4.79 Å². The molecule has 2 nitrogen and oxygen atoms in total. The molecule has 4 heteroatoms. The van der Waals surface area contributed by atoms with Crippen LogP contribution in [0.2, 0.25) is 0 Å². The predicted octanol–water partition coefficient (Wildman–Crippen LogP) is 4.34. The van der Waals surface area contributed by atoms with Crippen molar-refractivity contribution in [3.63, 3.8) is 0 Å². The number of ether oxygens (including phenoxy) is 1. The van der Waals surface area contributed by atoms with E-state index < -0.39 is 23.3 Å². The first kappa shape index (κ1) is 15.7. The summed E-state index contributed by atoms with van der Waals surface area (Å²) in [6.45, 7) is 3.59. The minimum atomic E-state index is -1.59. The van der Waals surface area contributed by atoms with E-state index in [1.54, 1.807) is 0 Å². The Morgan fingerprint density at radius 3 is 2.50 bits per heavy atom. The van der Waals surface area contributed by atoms with E-state index in [0.717, 1.165) is 24.8 Å². The van der Waals surface area contributed by atoms with E-state index in [0.29, 0.717) is 5.76 Å². The number of allylic oxidation sites excluding steroid dienone is 1. The molecule has 0 aliphatic carbocycles. The molecule has 1 aromatic rings. The fourth-order valence-electron chi connectivity index (χ4n) is 1.70. The first-order valence-electron chi connectivity index (χ1n) is 6.20. The summed E-state index contributed by atoms with van der Waals surface area (Å²) in [6, 6.07) is 9.77. The van der Waals surface area contributed by atoms with Gasteiger partial charge in [-0.25, -0.2) is 0 Å². The fourth-order valence-corrected chi connectivity index (χ4v) is 6.97. The number of hydrogen-bond acceptors (Lipinski definition) is 2. The number of unbranched alkanes of at least 4 members (excludes halogenated alkanes) is 1. The number of hydrogen-bond donors (Lipinski definition) is 0. The van der Waals surface area contributed by atoms with Crippen molar-refractivity contribution in [2.24, 2.45) is 0 Å².